The van der Waals surface area contributed by atoms with Crippen molar-refractivity contribution >= 4 is 17.7 Å². The number of pyridine rings is 1. The van der Waals surface area contributed by atoms with Crippen molar-refractivity contribution in [3.63, 3.8) is 0 Å². The number of rotatable bonds is 5. The molecule has 1 N–H and O–H groups in total. The zero-order chi connectivity index (χ0) is 27.5. The van der Waals surface area contributed by atoms with Gasteiger partial charge in [0.25, 0.3) is 0 Å². The Kier molecular flexibility index (Phi) is 8.24. The van der Waals surface area contributed by atoms with E-state index in [-0.39, 0.29) is 36.8 Å². The number of morpholine rings is 1. The maximum absolute atomic E-state index is 15.5. The lowest BCUT2D eigenvalue weighted by Gasteiger charge is -2.36. The number of likely N-dealkylation sites (tertiary alicyclic amines) is 1. The SMILES string of the molecule is CC(C)(C)OC(=O)N1CCC(CNc2ncnc(N3CCOC[C@@H]3c3ccc(C(F)(F)F)cn3)c2F)CC1. The fourth-order valence-electron chi connectivity index (χ4n) is 4.44. The first kappa shape index (κ1) is 27.8. The number of aromatic nitrogens is 3. The average molecular weight is 541 g/mol. The number of piperidine rings is 1. The molecule has 0 aliphatic carbocycles. The number of amides is 1. The first-order valence-corrected chi connectivity index (χ1v) is 12.5. The van der Waals surface area contributed by atoms with E-state index in [1.165, 1.54) is 12.4 Å². The molecular formula is C25H32F4N6O3. The Morgan fingerprint density at radius 1 is 1.13 bits per heavy atom. The predicted octanol–water partition coefficient (Wildman–Crippen LogP) is 4.67. The van der Waals surface area contributed by atoms with Gasteiger partial charge in [-0.05, 0) is 51.7 Å². The number of hydrogen-bond acceptors (Lipinski definition) is 8. The van der Waals surface area contributed by atoms with Crippen LogP contribution in [0.15, 0.2) is 24.7 Å². The van der Waals surface area contributed by atoms with Gasteiger partial charge in [0.05, 0.1) is 30.5 Å². The van der Waals surface area contributed by atoms with Crippen molar-refractivity contribution in [3.05, 3.63) is 41.7 Å². The number of halogens is 4. The largest absolute Gasteiger partial charge is 0.444 e. The van der Waals surface area contributed by atoms with Gasteiger partial charge in [0.15, 0.2) is 11.6 Å². The third kappa shape index (κ3) is 6.80. The minimum atomic E-state index is -4.50. The minimum Gasteiger partial charge on any atom is -0.444 e. The average Bonchev–Trinajstić information content (AvgIpc) is 2.87. The Bertz CT molecular complexity index is 1100. The molecule has 38 heavy (non-hydrogen) atoms. The van der Waals surface area contributed by atoms with Crippen molar-refractivity contribution < 1.29 is 31.8 Å². The first-order valence-electron chi connectivity index (χ1n) is 12.5. The van der Waals surface area contributed by atoms with Crippen LogP contribution in [0.4, 0.5) is 34.0 Å². The van der Waals surface area contributed by atoms with Crippen LogP contribution < -0.4 is 10.2 Å². The highest BCUT2D eigenvalue weighted by atomic mass is 19.4. The van der Waals surface area contributed by atoms with E-state index in [2.05, 4.69) is 20.3 Å². The van der Waals surface area contributed by atoms with Gasteiger partial charge in [-0.3, -0.25) is 4.98 Å². The molecule has 2 aromatic heterocycles. The lowest BCUT2D eigenvalue weighted by Crippen LogP contribution is -2.42. The van der Waals surface area contributed by atoms with Crippen LogP contribution in [0.5, 0.6) is 0 Å². The lowest BCUT2D eigenvalue weighted by atomic mass is 9.97. The molecule has 0 unspecified atom stereocenters. The fraction of sp³-hybridized carbons (Fsp3) is 0.600. The third-order valence-corrected chi connectivity index (χ3v) is 6.45. The molecule has 2 saturated heterocycles. The predicted molar refractivity (Wildman–Crippen MR) is 131 cm³/mol. The van der Waals surface area contributed by atoms with Crippen LogP contribution >= 0.6 is 0 Å². The molecule has 1 atom stereocenters. The number of carbonyl (C=O) groups is 1. The number of carbonyl (C=O) groups excluding carboxylic acids is 1. The van der Waals surface area contributed by atoms with Crippen LogP contribution in [-0.4, -0.2) is 70.9 Å². The molecule has 0 bridgehead atoms. The molecule has 4 heterocycles. The van der Waals surface area contributed by atoms with E-state index in [0.717, 1.165) is 25.1 Å². The first-order chi connectivity index (χ1) is 17.9. The monoisotopic (exact) mass is 540 g/mol. The third-order valence-electron chi connectivity index (χ3n) is 6.45. The molecular weight excluding hydrogens is 508 g/mol. The van der Waals surface area contributed by atoms with Gasteiger partial charge >= 0.3 is 12.3 Å². The second kappa shape index (κ2) is 11.3. The van der Waals surface area contributed by atoms with E-state index < -0.39 is 29.2 Å². The summed E-state index contributed by atoms with van der Waals surface area (Å²) in [6.45, 7) is 7.75. The fourth-order valence-corrected chi connectivity index (χ4v) is 4.44. The summed E-state index contributed by atoms with van der Waals surface area (Å²) in [5.41, 5.74) is -1.09. The number of anilines is 2. The normalized spacial score (nSPS) is 19.4. The summed E-state index contributed by atoms with van der Waals surface area (Å²) < 4.78 is 65.3. The molecule has 2 aliphatic rings. The number of nitrogens with zero attached hydrogens (tertiary/aromatic N) is 5. The molecule has 2 fully saturated rings. The highest BCUT2D eigenvalue weighted by molar-refractivity contribution is 5.68. The van der Waals surface area contributed by atoms with E-state index >= 15 is 4.39 Å². The van der Waals surface area contributed by atoms with Gasteiger partial charge < -0.3 is 24.6 Å². The second-order valence-electron chi connectivity index (χ2n) is 10.4. The van der Waals surface area contributed by atoms with Gasteiger partial charge in [-0.15, -0.1) is 0 Å². The highest BCUT2D eigenvalue weighted by Crippen LogP contribution is 2.33. The molecule has 0 saturated carbocycles. The Morgan fingerprint density at radius 2 is 1.87 bits per heavy atom. The second-order valence-corrected chi connectivity index (χ2v) is 10.4. The van der Waals surface area contributed by atoms with E-state index in [4.69, 9.17) is 9.47 Å². The van der Waals surface area contributed by atoms with Crippen LogP contribution in [0.25, 0.3) is 0 Å². The van der Waals surface area contributed by atoms with Crippen molar-refractivity contribution in [2.24, 2.45) is 5.92 Å². The van der Waals surface area contributed by atoms with Gasteiger partial charge in [0.2, 0.25) is 5.82 Å². The molecule has 0 radical (unpaired) electrons. The van der Waals surface area contributed by atoms with Crippen molar-refractivity contribution in [1.29, 1.82) is 0 Å². The molecule has 0 spiro atoms. The van der Waals surface area contributed by atoms with Crippen molar-refractivity contribution in [2.45, 2.75) is 51.4 Å². The Balaban J connectivity index is 1.40. The van der Waals surface area contributed by atoms with Crippen LogP contribution in [0.1, 0.15) is 50.9 Å². The molecule has 2 aromatic rings. The standard InChI is InChI=1S/C25H32F4N6O3/c1-24(2,3)38-23(36)34-8-6-16(7-9-34)12-31-21-20(26)22(33-15-32-21)35-10-11-37-14-19(35)18-5-4-17(13-30-18)25(27,28)29/h4-5,13,15-16,19H,6-12,14H2,1-3H3,(H,31,32,33)/t19-/m1/s1. The van der Waals surface area contributed by atoms with Crippen molar-refractivity contribution in [2.75, 3.05) is 49.6 Å². The van der Waals surface area contributed by atoms with Crippen LogP contribution in [0.3, 0.4) is 0 Å². The summed E-state index contributed by atoms with van der Waals surface area (Å²) >= 11 is 0. The number of nitrogens with one attached hydrogen (secondary N) is 1. The highest BCUT2D eigenvalue weighted by Gasteiger charge is 2.34. The molecule has 208 valence electrons. The zero-order valence-electron chi connectivity index (χ0n) is 21.6. The maximum Gasteiger partial charge on any atom is 0.417 e. The van der Waals surface area contributed by atoms with E-state index in [0.29, 0.717) is 31.9 Å². The number of hydrogen-bond donors (Lipinski definition) is 1. The van der Waals surface area contributed by atoms with Crippen LogP contribution in [-0.2, 0) is 15.7 Å². The molecule has 1 amide bonds. The smallest absolute Gasteiger partial charge is 0.417 e. The van der Waals surface area contributed by atoms with Crippen molar-refractivity contribution in [1.82, 2.24) is 19.9 Å². The Morgan fingerprint density at radius 3 is 2.50 bits per heavy atom. The molecule has 0 aromatic carbocycles. The summed E-state index contributed by atoms with van der Waals surface area (Å²) in [6.07, 6.45) is -1.36. The molecule has 2 aliphatic heterocycles. The van der Waals surface area contributed by atoms with Crippen LogP contribution in [0.2, 0.25) is 0 Å². The molecule has 9 nitrogen and oxygen atoms in total. The van der Waals surface area contributed by atoms with E-state index in [1.807, 2.05) is 20.8 Å². The van der Waals surface area contributed by atoms with Crippen LogP contribution in [0, 0.1) is 11.7 Å². The number of alkyl halides is 3. The Hall–Kier alpha value is -3.22. The summed E-state index contributed by atoms with van der Waals surface area (Å²) in [7, 11) is 0. The van der Waals surface area contributed by atoms with E-state index in [1.54, 1.807) is 9.80 Å². The minimum absolute atomic E-state index is 0.0252. The summed E-state index contributed by atoms with van der Waals surface area (Å²) in [5.74, 6) is -0.385. The zero-order valence-corrected chi connectivity index (χ0v) is 21.6. The van der Waals surface area contributed by atoms with E-state index in [9.17, 15) is 18.0 Å². The lowest BCUT2D eigenvalue weighted by molar-refractivity contribution is -0.137. The number of ether oxygens (including phenoxy) is 2. The summed E-state index contributed by atoms with van der Waals surface area (Å²) in [6, 6.07) is 1.62. The quantitative estimate of drug-likeness (QED) is 0.548. The van der Waals surface area contributed by atoms with Gasteiger partial charge in [0, 0.05) is 32.4 Å². The van der Waals surface area contributed by atoms with Gasteiger partial charge in [-0.25, -0.2) is 14.8 Å². The Labute approximate surface area is 218 Å². The molecule has 13 heteroatoms. The van der Waals surface area contributed by atoms with Gasteiger partial charge in [-0.1, -0.05) is 0 Å². The topological polar surface area (TPSA) is 92.7 Å². The van der Waals surface area contributed by atoms with Gasteiger partial charge in [0.1, 0.15) is 11.9 Å². The van der Waals surface area contributed by atoms with Gasteiger partial charge in [-0.2, -0.15) is 17.6 Å². The summed E-state index contributed by atoms with van der Waals surface area (Å²) in [5, 5.41) is 3.06. The van der Waals surface area contributed by atoms with Crippen molar-refractivity contribution in [3.8, 4) is 0 Å². The maximum atomic E-state index is 15.5. The molecule has 4 rings (SSSR count). The summed E-state index contributed by atoms with van der Waals surface area (Å²) in [4.78, 5) is 27.8.